The van der Waals surface area contributed by atoms with Crippen molar-refractivity contribution in [3.63, 3.8) is 0 Å². The molecule has 0 atom stereocenters. The quantitative estimate of drug-likeness (QED) is 0.634. The van der Waals surface area contributed by atoms with E-state index in [0.717, 1.165) is 24.5 Å². The fourth-order valence-electron chi connectivity index (χ4n) is 3.65. The van der Waals surface area contributed by atoms with E-state index in [1.54, 1.807) is 12.3 Å². The van der Waals surface area contributed by atoms with E-state index in [4.69, 9.17) is 0 Å². The summed E-state index contributed by atoms with van der Waals surface area (Å²) in [4.78, 5) is 20.1. The van der Waals surface area contributed by atoms with Gasteiger partial charge in [-0.05, 0) is 49.6 Å². The number of nitrogens with one attached hydrogen (secondary N) is 2. The lowest BCUT2D eigenvalue weighted by molar-refractivity contribution is 0.103. The smallest absolute Gasteiger partial charge is 0.235 e. The van der Waals surface area contributed by atoms with Crippen LogP contribution in [0.25, 0.3) is 11.0 Å². The zero-order chi connectivity index (χ0) is 19.9. The number of H-pyrrole nitrogens is 1. The number of carbonyl (C=O) groups is 1. The van der Waals surface area contributed by atoms with E-state index in [0.29, 0.717) is 29.4 Å². The first-order valence-electron chi connectivity index (χ1n) is 9.15. The molecule has 8 heteroatoms. The first kappa shape index (κ1) is 18.6. The third kappa shape index (κ3) is 3.40. The molecule has 1 aliphatic carbocycles. The van der Waals surface area contributed by atoms with Gasteiger partial charge in [0.1, 0.15) is 11.5 Å². The Morgan fingerprint density at radius 2 is 1.96 bits per heavy atom. The first-order chi connectivity index (χ1) is 13.3. The molecule has 0 spiro atoms. The fourth-order valence-corrected chi connectivity index (χ4v) is 5.23. The topological polar surface area (TPSA) is 91.9 Å². The van der Waals surface area contributed by atoms with Gasteiger partial charge in [-0.2, -0.15) is 0 Å². The summed E-state index contributed by atoms with van der Waals surface area (Å²) in [6.45, 7) is 1.85. The standard InChI is InChI=1S/C20H20FN3O3S/c1-12-8-15-17(11-23-20(15)22-10-12)19(25)16-9-13(6-7-18(16)21)24-28(26,27)14-4-2-3-5-14/h6-11,14,24H,2-5H2,1H3,(H,22,23). The number of nitrogens with zero attached hydrogens (tertiary/aromatic N) is 1. The van der Waals surface area contributed by atoms with Crippen LogP contribution in [0.1, 0.15) is 47.2 Å². The van der Waals surface area contributed by atoms with Gasteiger partial charge in [0.2, 0.25) is 10.0 Å². The van der Waals surface area contributed by atoms with Crippen molar-refractivity contribution in [3.8, 4) is 0 Å². The minimum absolute atomic E-state index is 0.186. The van der Waals surface area contributed by atoms with E-state index in [-0.39, 0.29) is 11.3 Å². The molecule has 28 heavy (non-hydrogen) atoms. The summed E-state index contributed by atoms with van der Waals surface area (Å²) in [5.41, 5.74) is 1.70. The summed E-state index contributed by atoms with van der Waals surface area (Å²) in [5, 5.41) is 0.153. The summed E-state index contributed by atoms with van der Waals surface area (Å²) in [5.74, 6) is -1.23. The van der Waals surface area contributed by atoms with Gasteiger partial charge >= 0.3 is 0 Å². The van der Waals surface area contributed by atoms with Gasteiger partial charge < -0.3 is 4.98 Å². The Bertz CT molecular complexity index is 1160. The molecule has 0 radical (unpaired) electrons. The van der Waals surface area contributed by atoms with Gasteiger partial charge in [-0.3, -0.25) is 9.52 Å². The second-order valence-electron chi connectivity index (χ2n) is 7.19. The molecule has 0 aliphatic heterocycles. The minimum Gasteiger partial charge on any atom is -0.345 e. The molecule has 6 nitrogen and oxygen atoms in total. The van der Waals surface area contributed by atoms with Crippen molar-refractivity contribution >= 4 is 32.5 Å². The number of aryl methyl sites for hydroxylation is 1. The number of fused-ring (bicyclic) bond motifs is 1. The van der Waals surface area contributed by atoms with Crippen LogP contribution < -0.4 is 4.72 Å². The van der Waals surface area contributed by atoms with Crippen LogP contribution in [0.5, 0.6) is 0 Å². The normalized spacial score (nSPS) is 15.2. The van der Waals surface area contributed by atoms with Gasteiger partial charge in [-0.25, -0.2) is 17.8 Å². The summed E-state index contributed by atoms with van der Waals surface area (Å²) >= 11 is 0. The van der Waals surface area contributed by atoms with Crippen molar-refractivity contribution in [1.82, 2.24) is 9.97 Å². The van der Waals surface area contributed by atoms with Gasteiger partial charge in [0.05, 0.1) is 10.8 Å². The molecule has 1 aliphatic rings. The third-order valence-corrected chi connectivity index (χ3v) is 6.99. The zero-order valence-electron chi connectivity index (χ0n) is 15.3. The number of pyridine rings is 1. The van der Waals surface area contributed by atoms with E-state index >= 15 is 0 Å². The molecule has 1 aromatic carbocycles. The van der Waals surface area contributed by atoms with Crippen LogP contribution in [0, 0.1) is 12.7 Å². The van der Waals surface area contributed by atoms with Crippen molar-refractivity contribution in [2.45, 2.75) is 37.9 Å². The van der Waals surface area contributed by atoms with Crippen molar-refractivity contribution < 1.29 is 17.6 Å². The number of aromatic amines is 1. The van der Waals surface area contributed by atoms with E-state index in [1.807, 2.05) is 6.92 Å². The van der Waals surface area contributed by atoms with Crippen LogP contribution in [-0.2, 0) is 10.0 Å². The Labute approximate surface area is 162 Å². The van der Waals surface area contributed by atoms with Crippen molar-refractivity contribution in [1.29, 1.82) is 0 Å². The Morgan fingerprint density at radius 3 is 2.71 bits per heavy atom. The number of sulfonamides is 1. The highest BCUT2D eigenvalue weighted by molar-refractivity contribution is 7.93. The molecule has 0 unspecified atom stereocenters. The lowest BCUT2D eigenvalue weighted by Gasteiger charge is -2.14. The number of benzene rings is 1. The predicted molar refractivity (Wildman–Crippen MR) is 105 cm³/mol. The van der Waals surface area contributed by atoms with Gasteiger partial charge in [-0.15, -0.1) is 0 Å². The molecule has 0 saturated heterocycles. The summed E-state index contributed by atoms with van der Waals surface area (Å²) in [6, 6.07) is 5.50. The average molecular weight is 401 g/mol. The summed E-state index contributed by atoms with van der Waals surface area (Å²) in [7, 11) is -3.56. The minimum atomic E-state index is -3.56. The zero-order valence-corrected chi connectivity index (χ0v) is 16.1. The van der Waals surface area contributed by atoms with Crippen LogP contribution in [0.4, 0.5) is 10.1 Å². The number of anilines is 1. The molecular formula is C20H20FN3O3S. The maximum Gasteiger partial charge on any atom is 0.235 e. The maximum absolute atomic E-state index is 14.4. The molecule has 2 aromatic heterocycles. The predicted octanol–water partition coefficient (Wildman–Crippen LogP) is 3.93. The van der Waals surface area contributed by atoms with Gasteiger partial charge in [0, 0.05) is 29.0 Å². The van der Waals surface area contributed by atoms with Crippen LogP contribution in [0.3, 0.4) is 0 Å². The Balaban J connectivity index is 1.68. The molecule has 2 N–H and O–H groups in total. The second kappa shape index (κ2) is 7.01. The molecule has 0 bridgehead atoms. The van der Waals surface area contributed by atoms with Crippen LogP contribution in [-0.4, -0.2) is 29.4 Å². The molecule has 3 aromatic rings. The number of rotatable bonds is 5. The number of hydrogen-bond acceptors (Lipinski definition) is 4. The van der Waals surface area contributed by atoms with Crippen molar-refractivity contribution in [3.05, 3.63) is 59.2 Å². The van der Waals surface area contributed by atoms with Crippen molar-refractivity contribution in [2.24, 2.45) is 0 Å². The molecule has 146 valence electrons. The van der Waals surface area contributed by atoms with Crippen LogP contribution >= 0.6 is 0 Å². The molecule has 0 amide bonds. The largest absolute Gasteiger partial charge is 0.345 e. The Hall–Kier alpha value is -2.74. The highest BCUT2D eigenvalue weighted by Gasteiger charge is 2.29. The number of hydrogen-bond donors (Lipinski definition) is 2. The highest BCUT2D eigenvalue weighted by Crippen LogP contribution is 2.28. The average Bonchev–Trinajstić information content (AvgIpc) is 3.32. The fraction of sp³-hybridized carbons (Fsp3) is 0.300. The van der Waals surface area contributed by atoms with E-state index in [9.17, 15) is 17.6 Å². The number of carbonyl (C=O) groups excluding carboxylic acids is 1. The van der Waals surface area contributed by atoms with Crippen LogP contribution in [0.15, 0.2) is 36.7 Å². The summed E-state index contributed by atoms with van der Waals surface area (Å²) < 4.78 is 41.9. The van der Waals surface area contributed by atoms with Crippen LogP contribution in [0.2, 0.25) is 0 Å². The van der Waals surface area contributed by atoms with Gasteiger partial charge in [0.15, 0.2) is 5.78 Å². The maximum atomic E-state index is 14.4. The van der Waals surface area contributed by atoms with Gasteiger partial charge in [-0.1, -0.05) is 12.8 Å². The Morgan fingerprint density at radius 1 is 1.21 bits per heavy atom. The lowest BCUT2D eigenvalue weighted by atomic mass is 10.0. The molecule has 1 fully saturated rings. The monoisotopic (exact) mass is 401 g/mol. The number of ketones is 1. The molecular weight excluding hydrogens is 381 g/mol. The SMILES string of the molecule is Cc1cnc2[nH]cc(C(=O)c3cc(NS(=O)(=O)C4CCCC4)ccc3F)c2c1. The Kier molecular flexibility index (Phi) is 4.66. The van der Waals surface area contributed by atoms with E-state index in [2.05, 4.69) is 14.7 Å². The number of halogens is 1. The second-order valence-corrected chi connectivity index (χ2v) is 9.15. The lowest BCUT2D eigenvalue weighted by Crippen LogP contribution is -2.25. The molecule has 1 saturated carbocycles. The van der Waals surface area contributed by atoms with E-state index < -0.39 is 26.9 Å². The third-order valence-electron chi connectivity index (χ3n) is 5.12. The molecule has 4 rings (SSSR count). The number of aromatic nitrogens is 2. The van der Waals surface area contributed by atoms with Gasteiger partial charge in [0.25, 0.3) is 0 Å². The summed E-state index contributed by atoms with van der Waals surface area (Å²) in [6.07, 6.45) is 6.16. The van der Waals surface area contributed by atoms with E-state index in [1.165, 1.54) is 18.3 Å². The highest BCUT2D eigenvalue weighted by atomic mass is 32.2. The first-order valence-corrected chi connectivity index (χ1v) is 10.7. The van der Waals surface area contributed by atoms with Crippen molar-refractivity contribution in [2.75, 3.05) is 4.72 Å². The molecule has 2 heterocycles.